The number of fused-ring (bicyclic) bond motifs is 1. The van der Waals surface area contributed by atoms with Crippen molar-refractivity contribution in [2.45, 2.75) is 75.7 Å². The minimum Gasteiger partial charge on any atom is -0.490 e. The Morgan fingerprint density at radius 2 is 1.70 bits per heavy atom. The number of nitrogens with one attached hydrogen (secondary N) is 1. The van der Waals surface area contributed by atoms with E-state index in [1.165, 1.54) is 0 Å². The molecule has 2 aliphatic rings. The molecule has 4 atom stereocenters. The van der Waals surface area contributed by atoms with Gasteiger partial charge in [0.15, 0.2) is 0 Å². The molecular weight excluding hydrogens is 695 g/mol. The second-order valence-electron chi connectivity index (χ2n) is 14.0. The summed E-state index contributed by atoms with van der Waals surface area (Å²) < 4.78 is 59.5. The van der Waals surface area contributed by atoms with E-state index in [0.29, 0.717) is 58.9 Å². The molecule has 5 rings (SSSR count). The van der Waals surface area contributed by atoms with Crippen molar-refractivity contribution in [2.75, 3.05) is 72.2 Å². The van der Waals surface area contributed by atoms with Crippen LogP contribution in [-0.2, 0) is 47.0 Å². The van der Waals surface area contributed by atoms with Gasteiger partial charge in [0.2, 0.25) is 15.9 Å². The van der Waals surface area contributed by atoms with E-state index in [4.69, 9.17) is 23.7 Å². The van der Waals surface area contributed by atoms with Crippen LogP contribution in [0.15, 0.2) is 71.6 Å². The molecule has 2 heterocycles. The Balaban J connectivity index is 1.46. The third-order valence-electron chi connectivity index (χ3n) is 10.4. The van der Waals surface area contributed by atoms with Gasteiger partial charge in [-0.05, 0) is 73.6 Å². The molecule has 290 valence electrons. The summed E-state index contributed by atoms with van der Waals surface area (Å²) >= 11 is 0. The number of anilines is 1. The first-order valence-corrected chi connectivity index (χ1v) is 20.2. The molecule has 53 heavy (non-hydrogen) atoms. The highest BCUT2D eigenvalue weighted by Crippen LogP contribution is 2.40. The fourth-order valence-electron chi connectivity index (χ4n) is 7.32. The molecule has 3 aromatic carbocycles. The monoisotopic (exact) mass is 751 g/mol. The topological polar surface area (TPSA) is 116 Å². The minimum absolute atomic E-state index is 0.0828. The number of carbonyl (C=O) groups excluding carboxylic acids is 1. The van der Waals surface area contributed by atoms with Crippen LogP contribution in [0.4, 0.5) is 5.69 Å². The average Bonchev–Trinajstić information content (AvgIpc) is 3.18. The fourth-order valence-corrected chi connectivity index (χ4v) is 8.98. The van der Waals surface area contributed by atoms with Crippen LogP contribution in [0.25, 0.3) is 0 Å². The van der Waals surface area contributed by atoms with Crippen LogP contribution in [0.5, 0.6) is 5.75 Å². The van der Waals surface area contributed by atoms with Gasteiger partial charge >= 0.3 is 0 Å². The Kier molecular flexibility index (Phi) is 15.1. The largest absolute Gasteiger partial charge is 0.490 e. The van der Waals surface area contributed by atoms with Gasteiger partial charge in [-0.1, -0.05) is 55.0 Å². The highest BCUT2D eigenvalue weighted by atomic mass is 32.2. The summed E-state index contributed by atoms with van der Waals surface area (Å²) in [6.45, 7) is 8.82. The van der Waals surface area contributed by atoms with E-state index in [1.807, 2.05) is 38.1 Å². The Morgan fingerprint density at radius 3 is 2.40 bits per heavy atom. The summed E-state index contributed by atoms with van der Waals surface area (Å²) in [5.74, 6) is 0.302. The number of benzene rings is 3. The standard InChI is InChI=1S/C41H57N3O8S/c1-6-33(41(45)42-3)25-35-26-37(34-13-10-31(11-14-34)28-50-23-22-49-5)40(27-44(35)53(46,47)36-15-8-30(2)9-16-36)52-29-32-12-17-39-38(24-32)43(19-21-51-39)18-7-20-48-4/h8-17,24,33,35,37,40H,6-7,18-23,25-29H2,1-5H3,(H,42,45)/t33-,35?,37+,40-/m0/s1. The zero-order chi connectivity index (χ0) is 37.8. The lowest BCUT2D eigenvalue weighted by Gasteiger charge is -2.44. The highest BCUT2D eigenvalue weighted by molar-refractivity contribution is 7.89. The van der Waals surface area contributed by atoms with Crippen molar-refractivity contribution >= 4 is 21.6 Å². The molecule has 1 fully saturated rings. The van der Waals surface area contributed by atoms with Gasteiger partial charge in [-0.25, -0.2) is 8.42 Å². The van der Waals surface area contributed by atoms with Crippen molar-refractivity contribution in [3.8, 4) is 5.75 Å². The molecule has 0 bridgehead atoms. The second kappa shape index (κ2) is 19.7. The van der Waals surface area contributed by atoms with Crippen LogP contribution in [0.3, 0.4) is 0 Å². The maximum atomic E-state index is 14.5. The molecule has 11 nitrogen and oxygen atoms in total. The van der Waals surface area contributed by atoms with Gasteiger partial charge in [-0.3, -0.25) is 4.79 Å². The number of hydrogen-bond donors (Lipinski definition) is 1. The Labute approximate surface area is 315 Å². The SMILES string of the molecule is CC[C@@H](CC1C[C@H](c2ccc(COCCOC)cc2)[C@@H](OCc2ccc3c(c2)N(CCCOC)CCO3)CN1S(=O)(=O)c1ccc(C)cc1)C(=O)NC. The van der Waals surface area contributed by atoms with Gasteiger partial charge in [-0.2, -0.15) is 4.31 Å². The Bertz CT molecular complexity index is 1700. The molecule has 0 aliphatic carbocycles. The van der Waals surface area contributed by atoms with Crippen molar-refractivity contribution < 1.29 is 36.9 Å². The number of rotatable bonds is 19. The molecule has 0 radical (unpaired) electrons. The average molecular weight is 752 g/mol. The first-order valence-electron chi connectivity index (χ1n) is 18.7. The molecular formula is C41H57N3O8S. The van der Waals surface area contributed by atoms with E-state index in [9.17, 15) is 13.2 Å². The number of ether oxygens (including phenoxy) is 5. The quantitative estimate of drug-likeness (QED) is 0.154. The number of hydrogen-bond acceptors (Lipinski definition) is 9. The summed E-state index contributed by atoms with van der Waals surface area (Å²) in [7, 11) is 1.07. The van der Waals surface area contributed by atoms with E-state index in [1.54, 1.807) is 37.7 Å². The van der Waals surface area contributed by atoms with Crippen LogP contribution in [0, 0.1) is 12.8 Å². The van der Waals surface area contributed by atoms with Crippen molar-refractivity contribution in [3.05, 3.63) is 89.0 Å². The summed E-state index contributed by atoms with van der Waals surface area (Å²) in [5, 5.41) is 2.79. The number of nitrogens with zero attached hydrogens (tertiary/aromatic N) is 2. The molecule has 1 unspecified atom stereocenters. The van der Waals surface area contributed by atoms with Gasteiger partial charge in [0.25, 0.3) is 0 Å². The summed E-state index contributed by atoms with van der Waals surface area (Å²) in [4.78, 5) is 15.5. The van der Waals surface area contributed by atoms with E-state index < -0.39 is 22.2 Å². The molecule has 3 aromatic rings. The lowest BCUT2D eigenvalue weighted by atomic mass is 9.80. The predicted molar refractivity (Wildman–Crippen MR) is 206 cm³/mol. The molecule has 1 N–H and O–H groups in total. The van der Waals surface area contributed by atoms with Gasteiger partial charge in [0.05, 0.1) is 49.7 Å². The van der Waals surface area contributed by atoms with Crippen LogP contribution >= 0.6 is 0 Å². The van der Waals surface area contributed by atoms with Gasteiger partial charge in [0, 0.05) is 58.8 Å². The van der Waals surface area contributed by atoms with Gasteiger partial charge < -0.3 is 33.9 Å². The molecule has 2 aliphatic heterocycles. The molecule has 12 heteroatoms. The van der Waals surface area contributed by atoms with Crippen LogP contribution in [0.2, 0.25) is 0 Å². The van der Waals surface area contributed by atoms with Crippen molar-refractivity contribution in [3.63, 3.8) is 0 Å². The van der Waals surface area contributed by atoms with Crippen LogP contribution < -0.4 is 15.0 Å². The number of aryl methyl sites for hydroxylation is 1. The number of sulfonamides is 1. The summed E-state index contributed by atoms with van der Waals surface area (Å²) in [6, 6.07) is 21.0. The summed E-state index contributed by atoms with van der Waals surface area (Å²) in [6.07, 6.45) is 1.95. The first kappa shape index (κ1) is 40.7. The van der Waals surface area contributed by atoms with Crippen molar-refractivity contribution in [1.82, 2.24) is 9.62 Å². The number of piperidine rings is 1. The normalized spacial score (nSPS) is 19.7. The van der Waals surface area contributed by atoms with Gasteiger partial charge in [-0.15, -0.1) is 0 Å². The smallest absolute Gasteiger partial charge is 0.243 e. The number of methoxy groups -OCH3 is 2. The zero-order valence-electron chi connectivity index (χ0n) is 31.9. The third kappa shape index (κ3) is 10.6. The maximum absolute atomic E-state index is 14.5. The molecule has 1 amide bonds. The van der Waals surface area contributed by atoms with Gasteiger partial charge in [0.1, 0.15) is 12.4 Å². The fraction of sp³-hybridized carbons (Fsp3) is 0.537. The Morgan fingerprint density at radius 1 is 0.962 bits per heavy atom. The first-order chi connectivity index (χ1) is 25.7. The number of amides is 1. The van der Waals surface area contributed by atoms with E-state index in [0.717, 1.165) is 53.2 Å². The minimum atomic E-state index is -3.93. The molecule has 0 aromatic heterocycles. The van der Waals surface area contributed by atoms with E-state index in [-0.39, 0.29) is 29.2 Å². The molecule has 1 saturated heterocycles. The zero-order valence-corrected chi connectivity index (χ0v) is 32.7. The third-order valence-corrected chi connectivity index (χ3v) is 12.3. The van der Waals surface area contributed by atoms with E-state index >= 15 is 0 Å². The predicted octanol–water partition coefficient (Wildman–Crippen LogP) is 5.69. The second-order valence-corrected chi connectivity index (χ2v) is 15.8. The van der Waals surface area contributed by atoms with E-state index in [2.05, 4.69) is 40.5 Å². The number of carbonyl (C=O) groups is 1. The lowest BCUT2D eigenvalue weighted by Crippen LogP contribution is -2.53. The van der Waals surface area contributed by atoms with Crippen molar-refractivity contribution in [2.24, 2.45) is 5.92 Å². The van der Waals surface area contributed by atoms with Crippen LogP contribution in [-0.4, -0.2) is 98.1 Å². The Hall–Kier alpha value is -3.52. The highest BCUT2D eigenvalue weighted by Gasteiger charge is 2.44. The van der Waals surface area contributed by atoms with Crippen molar-refractivity contribution in [1.29, 1.82) is 0 Å². The maximum Gasteiger partial charge on any atom is 0.243 e. The lowest BCUT2D eigenvalue weighted by molar-refractivity contribution is -0.125. The molecule has 0 saturated carbocycles. The summed E-state index contributed by atoms with van der Waals surface area (Å²) in [5.41, 5.74) is 5.08. The van der Waals surface area contributed by atoms with Crippen LogP contribution in [0.1, 0.15) is 60.8 Å². The molecule has 0 spiro atoms.